The lowest BCUT2D eigenvalue weighted by Crippen LogP contribution is -2.05. The predicted molar refractivity (Wildman–Crippen MR) is 69.0 cm³/mol. The van der Waals surface area contributed by atoms with E-state index in [1.165, 1.54) is 19.2 Å². The number of halogens is 2. The smallest absolute Gasteiger partial charge is 0.143 e. The third-order valence-electron chi connectivity index (χ3n) is 2.48. The molecule has 2 aromatic rings. The minimum Gasteiger partial charge on any atom is -0.495 e. The monoisotopic (exact) mass is 311 g/mol. The lowest BCUT2D eigenvalue weighted by molar-refractivity contribution is 0.208. The first-order valence-corrected chi connectivity index (χ1v) is 6.04. The van der Waals surface area contributed by atoms with Crippen LogP contribution in [0.1, 0.15) is 17.4 Å². The van der Waals surface area contributed by atoms with Crippen LogP contribution in [0.4, 0.5) is 4.39 Å². The van der Waals surface area contributed by atoms with Crippen molar-refractivity contribution in [1.29, 1.82) is 0 Å². The summed E-state index contributed by atoms with van der Waals surface area (Å²) < 4.78 is 19.0. The quantitative estimate of drug-likeness (QED) is 0.947. The highest BCUT2D eigenvalue weighted by Gasteiger charge is 2.17. The Balaban J connectivity index is 2.44. The molecule has 1 unspecified atom stereocenters. The number of nitrogens with zero attached hydrogens (tertiary/aromatic N) is 1. The van der Waals surface area contributed by atoms with E-state index in [4.69, 9.17) is 4.74 Å². The number of hydrogen-bond donors (Lipinski definition) is 1. The van der Waals surface area contributed by atoms with Gasteiger partial charge in [0.1, 0.15) is 23.4 Å². The molecule has 94 valence electrons. The van der Waals surface area contributed by atoms with Crippen LogP contribution in [0.25, 0.3) is 0 Å². The molecule has 0 bridgehead atoms. The van der Waals surface area contributed by atoms with Gasteiger partial charge >= 0.3 is 0 Å². The molecule has 0 aliphatic rings. The van der Waals surface area contributed by atoms with Gasteiger partial charge in [-0.25, -0.2) is 4.39 Å². The maximum absolute atomic E-state index is 13.3. The van der Waals surface area contributed by atoms with Crippen molar-refractivity contribution in [3.8, 4) is 5.75 Å². The topological polar surface area (TPSA) is 42.4 Å². The molecule has 1 atom stereocenters. The van der Waals surface area contributed by atoms with Gasteiger partial charge in [0, 0.05) is 10.7 Å². The molecule has 0 saturated carbocycles. The molecule has 0 aliphatic heterocycles. The Hall–Kier alpha value is -1.46. The molecule has 1 N–H and O–H groups in total. The number of pyridine rings is 1. The second kappa shape index (κ2) is 5.46. The number of aliphatic hydroxyl groups excluding tert-OH is 1. The van der Waals surface area contributed by atoms with Crippen molar-refractivity contribution in [1.82, 2.24) is 4.98 Å². The van der Waals surface area contributed by atoms with Gasteiger partial charge in [-0.05, 0) is 35.9 Å². The van der Waals surface area contributed by atoms with Crippen LogP contribution in [0, 0.1) is 5.82 Å². The molecule has 1 aromatic carbocycles. The lowest BCUT2D eigenvalue weighted by atomic mass is 10.1. The number of rotatable bonds is 3. The number of ether oxygens (including phenoxy) is 1. The van der Waals surface area contributed by atoms with Crippen molar-refractivity contribution in [3.63, 3.8) is 0 Å². The number of methoxy groups -OCH3 is 1. The molecule has 0 radical (unpaired) electrons. The summed E-state index contributed by atoms with van der Waals surface area (Å²) >= 11 is 3.19. The average Bonchev–Trinajstić information content (AvgIpc) is 2.36. The summed E-state index contributed by atoms with van der Waals surface area (Å²) in [5.74, 6) is 0.0405. The minimum absolute atomic E-state index is 0.359. The van der Waals surface area contributed by atoms with E-state index in [0.29, 0.717) is 21.5 Å². The van der Waals surface area contributed by atoms with E-state index in [9.17, 15) is 9.50 Å². The molecular formula is C13H11BrFNO2. The molecule has 1 heterocycles. The Labute approximate surface area is 112 Å². The standard InChI is InChI=1S/C13H11BrFNO2/c1-18-11-3-2-4-16-12(11)13(17)8-5-9(14)7-10(15)6-8/h2-7,13,17H,1H3. The summed E-state index contributed by atoms with van der Waals surface area (Å²) in [5.41, 5.74) is 0.774. The van der Waals surface area contributed by atoms with Gasteiger partial charge in [0.15, 0.2) is 0 Å². The Morgan fingerprint density at radius 1 is 1.39 bits per heavy atom. The van der Waals surface area contributed by atoms with Crippen LogP contribution in [-0.4, -0.2) is 17.2 Å². The molecule has 1 aromatic heterocycles. The minimum atomic E-state index is -1.03. The Morgan fingerprint density at radius 2 is 2.17 bits per heavy atom. The van der Waals surface area contributed by atoms with Crippen molar-refractivity contribution >= 4 is 15.9 Å². The van der Waals surface area contributed by atoms with Gasteiger partial charge in [-0.3, -0.25) is 4.98 Å². The van der Waals surface area contributed by atoms with Crippen molar-refractivity contribution in [2.45, 2.75) is 6.10 Å². The third-order valence-corrected chi connectivity index (χ3v) is 2.94. The number of hydrogen-bond acceptors (Lipinski definition) is 3. The van der Waals surface area contributed by atoms with Gasteiger partial charge in [0.25, 0.3) is 0 Å². The van der Waals surface area contributed by atoms with E-state index < -0.39 is 11.9 Å². The van der Waals surface area contributed by atoms with Crippen LogP contribution in [0.5, 0.6) is 5.75 Å². The molecule has 0 saturated heterocycles. The first-order valence-electron chi connectivity index (χ1n) is 5.25. The van der Waals surface area contributed by atoms with E-state index in [1.807, 2.05) is 0 Å². The predicted octanol–water partition coefficient (Wildman–Crippen LogP) is 3.07. The fourth-order valence-electron chi connectivity index (χ4n) is 1.67. The molecule has 0 fully saturated rings. The van der Waals surface area contributed by atoms with Gasteiger partial charge in [-0.1, -0.05) is 15.9 Å². The van der Waals surface area contributed by atoms with Crippen LogP contribution >= 0.6 is 15.9 Å². The normalized spacial score (nSPS) is 12.2. The first kappa shape index (κ1) is 13.0. The maximum Gasteiger partial charge on any atom is 0.143 e. The largest absolute Gasteiger partial charge is 0.495 e. The van der Waals surface area contributed by atoms with E-state index in [1.54, 1.807) is 24.4 Å². The fourth-order valence-corrected chi connectivity index (χ4v) is 2.15. The highest BCUT2D eigenvalue weighted by molar-refractivity contribution is 9.10. The molecular weight excluding hydrogens is 301 g/mol. The summed E-state index contributed by atoms with van der Waals surface area (Å²) in [4.78, 5) is 4.07. The van der Waals surface area contributed by atoms with Crippen molar-refractivity contribution in [2.75, 3.05) is 7.11 Å². The van der Waals surface area contributed by atoms with Gasteiger partial charge in [-0.15, -0.1) is 0 Å². The van der Waals surface area contributed by atoms with Gasteiger partial charge < -0.3 is 9.84 Å². The summed E-state index contributed by atoms with van der Waals surface area (Å²) in [5, 5.41) is 10.2. The maximum atomic E-state index is 13.3. The Morgan fingerprint density at radius 3 is 2.83 bits per heavy atom. The van der Waals surface area contributed by atoms with Crippen molar-refractivity contribution < 1.29 is 14.2 Å². The summed E-state index contributed by atoms with van der Waals surface area (Å²) in [6, 6.07) is 7.63. The van der Waals surface area contributed by atoms with Crippen LogP contribution in [-0.2, 0) is 0 Å². The zero-order chi connectivity index (χ0) is 13.1. The molecule has 0 amide bonds. The van der Waals surface area contributed by atoms with Gasteiger partial charge in [0.2, 0.25) is 0 Å². The van der Waals surface area contributed by atoms with E-state index >= 15 is 0 Å². The van der Waals surface area contributed by atoms with E-state index in [2.05, 4.69) is 20.9 Å². The van der Waals surface area contributed by atoms with E-state index in [0.717, 1.165) is 0 Å². The Bertz CT molecular complexity index is 542. The second-order valence-electron chi connectivity index (χ2n) is 3.70. The lowest BCUT2D eigenvalue weighted by Gasteiger charge is -2.14. The molecule has 5 heteroatoms. The summed E-state index contributed by atoms with van der Waals surface area (Å²) in [6.07, 6.45) is 0.517. The van der Waals surface area contributed by atoms with Crippen LogP contribution < -0.4 is 4.74 Å². The van der Waals surface area contributed by atoms with Crippen molar-refractivity contribution in [3.05, 3.63) is 58.1 Å². The SMILES string of the molecule is COc1cccnc1C(O)c1cc(F)cc(Br)c1. The number of aromatic nitrogens is 1. The third kappa shape index (κ3) is 2.68. The average molecular weight is 312 g/mol. The summed E-state index contributed by atoms with van der Waals surface area (Å²) in [6.45, 7) is 0. The molecule has 2 rings (SSSR count). The zero-order valence-electron chi connectivity index (χ0n) is 9.60. The van der Waals surface area contributed by atoms with Gasteiger partial charge in [0.05, 0.1) is 7.11 Å². The highest BCUT2D eigenvalue weighted by atomic mass is 79.9. The second-order valence-corrected chi connectivity index (χ2v) is 4.61. The van der Waals surface area contributed by atoms with Crippen molar-refractivity contribution in [2.24, 2.45) is 0 Å². The fraction of sp³-hybridized carbons (Fsp3) is 0.154. The summed E-state index contributed by atoms with van der Waals surface area (Å²) in [7, 11) is 1.49. The number of aliphatic hydroxyl groups is 1. The molecule has 0 spiro atoms. The van der Waals surface area contributed by atoms with Gasteiger partial charge in [-0.2, -0.15) is 0 Å². The first-order chi connectivity index (χ1) is 8.61. The van der Waals surface area contributed by atoms with E-state index in [-0.39, 0.29) is 0 Å². The molecule has 18 heavy (non-hydrogen) atoms. The highest BCUT2D eigenvalue weighted by Crippen LogP contribution is 2.29. The number of benzene rings is 1. The van der Waals surface area contributed by atoms with Crippen LogP contribution in [0.15, 0.2) is 41.0 Å². The van der Waals surface area contributed by atoms with Crippen LogP contribution in [0.2, 0.25) is 0 Å². The van der Waals surface area contributed by atoms with Crippen LogP contribution in [0.3, 0.4) is 0 Å². The molecule has 3 nitrogen and oxygen atoms in total. The molecule has 0 aliphatic carbocycles. The zero-order valence-corrected chi connectivity index (χ0v) is 11.2. The Kier molecular flexibility index (Phi) is 3.93.